The molecule has 0 spiro atoms. The average Bonchev–Trinajstić information content (AvgIpc) is 2.45. The first kappa shape index (κ1) is 15.1. The molecule has 0 aliphatic rings. The molecule has 0 bridgehead atoms. The molecular formula is C18H23NS. The van der Waals surface area contributed by atoms with Crippen LogP contribution in [0.15, 0.2) is 59.5 Å². The minimum Gasteiger partial charge on any atom is -0.329 e. The largest absolute Gasteiger partial charge is 0.329 e. The van der Waals surface area contributed by atoms with Crippen molar-refractivity contribution in [2.75, 3.05) is 6.54 Å². The summed E-state index contributed by atoms with van der Waals surface area (Å²) in [4.78, 5) is 1.28. The molecule has 0 fully saturated rings. The Kier molecular flexibility index (Phi) is 4.90. The van der Waals surface area contributed by atoms with Crippen molar-refractivity contribution in [3.63, 3.8) is 0 Å². The maximum atomic E-state index is 5.93. The number of thioether (sulfide) groups is 1. The van der Waals surface area contributed by atoms with Crippen molar-refractivity contribution in [2.24, 2.45) is 5.73 Å². The first-order chi connectivity index (χ1) is 9.50. The highest BCUT2D eigenvalue weighted by Crippen LogP contribution is 2.35. The average molecular weight is 285 g/mol. The first-order valence-electron chi connectivity index (χ1n) is 7.03. The van der Waals surface area contributed by atoms with E-state index in [1.165, 1.54) is 16.0 Å². The van der Waals surface area contributed by atoms with Crippen LogP contribution in [0, 0.1) is 0 Å². The van der Waals surface area contributed by atoms with E-state index in [0.717, 1.165) is 0 Å². The molecule has 0 saturated carbocycles. The summed E-state index contributed by atoms with van der Waals surface area (Å²) in [6, 6.07) is 19.3. The molecule has 2 aromatic rings. The highest BCUT2D eigenvalue weighted by atomic mass is 32.2. The van der Waals surface area contributed by atoms with Crippen LogP contribution in [0.5, 0.6) is 0 Å². The van der Waals surface area contributed by atoms with Crippen LogP contribution in [-0.4, -0.2) is 6.54 Å². The number of hydrogen-bond acceptors (Lipinski definition) is 2. The number of rotatable bonds is 4. The zero-order valence-electron chi connectivity index (χ0n) is 12.5. The molecule has 2 heteroatoms. The maximum absolute atomic E-state index is 5.93. The van der Waals surface area contributed by atoms with Gasteiger partial charge in [-0.3, -0.25) is 0 Å². The lowest BCUT2D eigenvalue weighted by atomic mass is 9.87. The van der Waals surface area contributed by atoms with Crippen LogP contribution < -0.4 is 5.73 Å². The van der Waals surface area contributed by atoms with Gasteiger partial charge in [0, 0.05) is 16.7 Å². The van der Waals surface area contributed by atoms with Crippen molar-refractivity contribution in [3.05, 3.63) is 65.7 Å². The highest BCUT2D eigenvalue weighted by molar-refractivity contribution is 7.99. The molecule has 1 unspecified atom stereocenters. The van der Waals surface area contributed by atoms with Crippen LogP contribution in [-0.2, 0) is 5.41 Å². The lowest BCUT2D eigenvalue weighted by Crippen LogP contribution is -2.11. The van der Waals surface area contributed by atoms with Gasteiger partial charge in [-0.25, -0.2) is 0 Å². The van der Waals surface area contributed by atoms with Gasteiger partial charge in [0.1, 0.15) is 0 Å². The van der Waals surface area contributed by atoms with E-state index in [1.807, 2.05) is 17.8 Å². The number of benzene rings is 2. The molecule has 2 rings (SSSR count). The predicted octanol–water partition coefficient (Wildman–Crippen LogP) is 4.78. The van der Waals surface area contributed by atoms with Crippen molar-refractivity contribution < 1.29 is 0 Å². The third-order valence-electron chi connectivity index (χ3n) is 3.38. The molecule has 0 heterocycles. The second-order valence-electron chi connectivity index (χ2n) is 6.03. The Morgan fingerprint density at radius 1 is 0.950 bits per heavy atom. The predicted molar refractivity (Wildman–Crippen MR) is 89.2 cm³/mol. The molecule has 0 aromatic heterocycles. The van der Waals surface area contributed by atoms with Crippen LogP contribution in [0.4, 0.5) is 0 Å². The van der Waals surface area contributed by atoms with Crippen molar-refractivity contribution in [1.82, 2.24) is 0 Å². The second-order valence-corrected chi connectivity index (χ2v) is 7.30. The maximum Gasteiger partial charge on any atom is 0.0466 e. The van der Waals surface area contributed by atoms with E-state index in [4.69, 9.17) is 5.73 Å². The van der Waals surface area contributed by atoms with Crippen LogP contribution in [0.2, 0.25) is 0 Å². The summed E-state index contributed by atoms with van der Waals surface area (Å²) < 4.78 is 0. The van der Waals surface area contributed by atoms with E-state index in [2.05, 4.69) is 69.3 Å². The fourth-order valence-corrected chi connectivity index (χ4v) is 3.13. The zero-order chi connectivity index (χ0) is 14.6. The molecule has 2 aromatic carbocycles. The van der Waals surface area contributed by atoms with Gasteiger partial charge in [0.2, 0.25) is 0 Å². The summed E-state index contributed by atoms with van der Waals surface area (Å²) in [6.07, 6.45) is 0. The Balaban J connectivity index is 2.13. The van der Waals surface area contributed by atoms with E-state index in [1.54, 1.807) is 0 Å². The van der Waals surface area contributed by atoms with Crippen LogP contribution in [0.3, 0.4) is 0 Å². The Morgan fingerprint density at radius 3 is 2.05 bits per heavy atom. The molecule has 0 radical (unpaired) electrons. The third-order valence-corrected chi connectivity index (χ3v) is 4.68. The fraction of sp³-hybridized carbons (Fsp3) is 0.333. The van der Waals surface area contributed by atoms with Gasteiger partial charge in [0.25, 0.3) is 0 Å². The first-order valence-corrected chi connectivity index (χ1v) is 7.91. The normalized spacial score (nSPS) is 13.2. The van der Waals surface area contributed by atoms with Crippen molar-refractivity contribution in [2.45, 2.75) is 36.3 Å². The van der Waals surface area contributed by atoms with Crippen molar-refractivity contribution in [1.29, 1.82) is 0 Å². The van der Waals surface area contributed by atoms with Gasteiger partial charge < -0.3 is 5.73 Å². The molecular weight excluding hydrogens is 262 g/mol. The van der Waals surface area contributed by atoms with Gasteiger partial charge in [-0.15, -0.1) is 11.8 Å². The van der Waals surface area contributed by atoms with Crippen LogP contribution in [0.1, 0.15) is 37.1 Å². The van der Waals surface area contributed by atoms with Crippen LogP contribution in [0.25, 0.3) is 0 Å². The summed E-state index contributed by atoms with van der Waals surface area (Å²) in [7, 11) is 0. The van der Waals surface area contributed by atoms with Gasteiger partial charge in [0.15, 0.2) is 0 Å². The molecule has 0 aliphatic carbocycles. The van der Waals surface area contributed by atoms with Gasteiger partial charge in [-0.2, -0.15) is 0 Å². The lowest BCUT2D eigenvalue weighted by molar-refractivity contribution is 0.590. The summed E-state index contributed by atoms with van der Waals surface area (Å²) in [6.45, 7) is 7.36. The van der Waals surface area contributed by atoms with E-state index < -0.39 is 0 Å². The van der Waals surface area contributed by atoms with E-state index in [0.29, 0.717) is 11.8 Å². The monoisotopic (exact) mass is 285 g/mol. The summed E-state index contributed by atoms with van der Waals surface area (Å²) in [5.74, 6) is 0. The molecule has 1 atom stereocenters. The zero-order valence-corrected chi connectivity index (χ0v) is 13.3. The molecule has 0 amide bonds. The smallest absolute Gasteiger partial charge is 0.0466 e. The van der Waals surface area contributed by atoms with E-state index in [-0.39, 0.29) is 5.41 Å². The Hall–Kier alpha value is -1.25. The topological polar surface area (TPSA) is 26.0 Å². The molecule has 2 N–H and O–H groups in total. The van der Waals surface area contributed by atoms with Crippen molar-refractivity contribution >= 4 is 11.8 Å². The number of nitrogens with two attached hydrogens (primary N) is 1. The molecule has 20 heavy (non-hydrogen) atoms. The van der Waals surface area contributed by atoms with Gasteiger partial charge >= 0.3 is 0 Å². The molecule has 0 aliphatic heterocycles. The quantitative estimate of drug-likeness (QED) is 0.818. The second kappa shape index (κ2) is 6.47. The lowest BCUT2D eigenvalue weighted by Gasteiger charge is -2.20. The summed E-state index contributed by atoms with van der Waals surface area (Å²) in [5.41, 5.74) is 8.79. The highest BCUT2D eigenvalue weighted by Gasteiger charge is 2.14. The minimum atomic E-state index is 0.204. The van der Waals surface area contributed by atoms with Gasteiger partial charge in [0.05, 0.1) is 0 Å². The van der Waals surface area contributed by atoms with E-state index in [9.17, 15) is 0 Å². The van der Waals surface area contributed by atoms with Crippen LogP contribution >= 0.6 is 11.8 Å². The van der Waals surface area contributed by atoms with Gasteiger partial charge in [-0.1, -0.05) is 63.2 Å². The SMILES string of the molecule is CC(C)(C)c1ccc(SC(CN)c2ccccc2)cc1. The van der Waals surface area contributed by atoms with Gasteiger partial charge in [-0.05, 0) is 28.7 Å². The minimum absolute atomic E-state index is 0.204. The fourth-order valence-electron chi connectivity index (χ4n) is 2.12. The summed E-state index contributed by atoms with van der Waals surface area (Å²) in [5, 5.41) is 0.316. The Morgan fingerprint density at radius 2 is 1.55 bits per heavy atom. The third kappa shape index (κ3) is 3.87. The van der Waals surface area contributed by atoms with E-state index >= 15 is 0 Å². The Bertz CT molecular complexity index is 526. The van der Waals surface area contributed by atoms with Crippen molar-refractivity contribution in [3.8, 4) is 0 Å². The molecule has 1 nitrogen and oxygen atoms in total. The standard InChI is InChI=1S/C18H23NS/c1-18(2,3)15-9-11-16(12-10-15)20-17(13-19)14-7-5-4-6-8-14/h4-12,17H,13,19H2,1-3H3. The Labute approximate surface area is 126 Å². The summed E-state index contributed by atoms with van der Waals surface area (Å²) >= 11 is 1.84. The molecule has 0 saturated heterocycles. The number of hydrogen-bond donors (Lipinski definition) is 1. The molecule has 106 valence electrons.